The van der Waals surface area contributed by atoms with Crippen molar-refractivity contribution >= 4 is 0 Å². The van der Waals surface area contributed by atoms with Crippen LogP contribution in [0.25, 0.3) is 0 Å². The highest BCUT2D eigenvalue weighted by molar-refractivity contribution is 5.33. The highest BCUT2D eigenvalue weighted by atomic mass is 16.5. The smallest absolute Gasteiger partial charge is 0.123 e. The van der Waals surface area contributed by atoms with E-state index in [1.54, 1.807) is 24.3 Å². The standard InChI is InChI=1S/C16H18O3/c1-12-8-13(2)10-16(9-12)19-7-6-18-15-5-3-4-14(17)11-15/h3-5,8-11,17H,6-7H2,1-2H3. The zero-order valence-electron chi connectivity index (χ0n) is 11.2. The van der Waals surface area contributed by atoms with Crippen molar-refractivity contribution in [2.45, 2.75) is 13.8 Å². The number of hydrogen-bond acceptors (Lipinski definition) is 3. The Morgan fingerprint density at radius 1 is 0.842 bits per heavy atom. The number of benzene rings is 2. The van der Waals surface area contributed by atoms with Crippen LogP contribution in [0.15, 0.2) is 42.5 Å². The molecule has 2 aromatic rings. The van der Waals surface area contributed by atoms with Crippen LogP contribution in [0.2, 0.25) is 0 Å². The normalized spacial score (nSPS) is 10.2. The summed E-state index contributed by atoms with van der Waals surface area (Å²) in [7, 11) is 0. The van der Waals surface area contributed by atoms with E-state index in [-0.39, 0.29) is 5.75 Å². The van der Waals surface area contributed by atoms with E-state index in [1.165, 1.54) is 11.1 Å². The molecule has 3 nitrogen and oxygen atoms in total. The molecular weight excluding hydrogens is 240 g/mol. The minimum Gasteiger partial charge on any atom is -0.508 e. The van der Waals surface area contributed by atoms with E-state index in [4.69, 9.17) is 9.47 Å². The Bertz CT molecular complexity index is 529. The van der Waals surface area contributed by atoms with Crippen molar-refractivity contribution in [3.05, 3.63) is 53.6 Å². The topological polar surface area (TPSA) is 38.7 Å². The molecule has 1 N–H and O–H groups in total. The largest absolute Gasteiger partial charge is 0.508 e. The number of hydrogen-bond donors (Lipinski definition) is 1. The van der Waals surface area contributed by atoms with Gasteiger partial charge >= 0.3 is 0 Å². The fraction of sp³-hybridized carbons (Fsp3) is 0.250. The van der Waals surface area contributed by atoms with Crippen LogP contribution >= 0.6 is 0 Å². The number of aryl methyl sites for hydroxylation is 2. The molecule has 0 saturated carbocycles. The zero-order valence-corrected chi connectivity index (χ0v) is 11.2. The molecule has 0 aliphatic rings. The van der Waals surface area contributed by atoms with Crippen molar-refractivity contribution in [3.8, 4) is 17.2 Å². The van der Waals surface area contributed by atoms with Gasteiger partial charge in [-0.15, -0.1) is 0 Å². The van der Waals surface area contributed by atoms with Gasteiger partial charge in [-0.1, -0.05) is 12.1 Å². The van der Waals surface area contributed by atoms with Crippen LogP contribution < -0.4 is 9.47 Å². The number of aromatic hydroxyl groups is 1. The summed E-state index contributed by atoms with van der Waals surface area (Å²) >= 11 is 0. The lowest BCUT2D eigenvalue weighted by molar-refractivity contribution is 0.216. The van der Waals surface area contributed by atoms with Crippen molar-refractivity contribution in [1.29, 1.82) is 0 Å². The van der Waals surface area contributed by atoms with Gasteiger partial charge in [0.05, 0.1) is 0 Å². The van der Waals surface area contributed by atoms with Gasteiger partial charge in [-0.3, -0.25) is 0 Å². The molecule has 0 heterocycles. The number of ether oxygens (including phenoxy) is 2. The molecule has 0 aliphatic carbocycles. The Kier molecular flexibility index (Phi) is 4.29. The molecule has 19 heavy (non-hydrogen) atoms. The molecular formula is C16H18O3. The summed E-state index contributed by atoms with van der Waals surface area (Å²) in [6.45, 7) is 5.00. The van der Waals surface area contributed by atoms with Gasteiger partial charge < -0.3 is 14.6 Å². The third kappa shape index (κ3) is 4.21. The molecule has 0 radical (unpaired) electrons. The Hall–Kier alpha value is -2.16. The molecule has 0 aromatic heterocycles. The molecule has 0 spiro atoms. The second-order valence-electron chi connectivity index (χ2n) is 4.52. The summed E-state index contributed by atoms with van der Waals surface area (Å²) < 4.78 is 11.1. The number of rotatable bonds is 5. The number of phenols is 1. The first-order chi connectivity index (χ1) is 9.13. The highest BCUT2D eigenvalue weighted by Crippen LogP contribution is 2.18. The highest BCUT2D eigenvalue weighted by Gasteiger charge is 1.98. The van der Waals surface area contributed by atoms with Crippen molar-refractivity contribution in [2.24, 2.45) is 0 Å². The zero-order chi connectivity index (χ0) is 13.7. The Balaban J connectivity index is 1.80. The molecule has 0 unspecified atom stereocenters. The van der Waals surface area contributed by atoms with Gasteiger partial charge in [-0.2, -0.15) is 0 Å². The van der Waals surface area contributed by atoms with E-state index >= 15 is 0 Å². The fourth-order valence-electron chi connectivity index (χ4n) is 1.91. The molecule has 3 heteroatoms. The van der Waals surface area contributed by atoms with Crippen molar-refractivity contribution < 1.29 is 14.6 Å². The van der Waals surface area contributed by atoms with Crippen LogP contribution in [0.1, 0.15) is 11.1 Å². The van der Waals surface area contributed by atoms with Crippen LogP contribution in [-0.2, 0) is 0 Å². The first kappa shape index (κ1) is 13.3. The van der Waals surface area contributed by atoms with Gasteiger partial charge in [-0.05, 0) is 49.2 Å². The van der Waals surface area contributed by atoms with Gasteiger partial charge in [0.25, 0.3) is 0 Å². The van der Waals surface area contributed by atoms with E-state index in [9.17, 15) is 5.11 Å². The van der Waals surface area contributed by atoms with E-state index in [0.717, 1.165) is 5.75 Å². The van der Waals surface area contributed by atoms with Crippen LogP contribution in [0.3, 0.4) is 0 Å². The molecule has 0 saturated heterocycles. The Morgan fingerprint density at radius 2 is 1.47 bits per heavy atom. The third-order valence-corrected chi connectivity index (χ3v) is 2.63. The predicted octanol–water partition coefficient (Wildman–Crippen LogP) is 3.47. The summed E-state index contributed by atoms with van der Waals surface area (Å²) in [4.78, 5) is 0. The van der Waals surface area contributed by atoms with Gasteiger partial charge in [0, 0.05) is 6.07 Å². The van der Waals surface area contributed by atoms with Gasteiger partial charge in [-0.25, -0.2) is 0 Å². The minimum atomic E-state index is 0.202. The summed E-state index contributed by atoms with van der Waals surface area (Å²) in [5.74, 6) is 1.70. The van der Waals surface area contributed by atoms with Crippen molar-refractivity contribution in [3.63, 3.8) is 0 Å². The van der Waals surface area contributed by atoms with Gasteiger partial charge in [0.1, 0.15) is 30.5 Å². The maximum Gasteiger partial charge on any atom is 0.123 e. The summed E-state index contributed by atoms with van der Waals surface area (Å²) in [6, 6.07) is 12.8. The molecule has 0 aliphatic heterocycles. The predicted molar refractivity (Wildman–Crippen MR) is 75.0 cm³/mol. The molecule has 0 fully saturated rings. The van der Waals surface area contributed by atoms with E-state index in [1.807, 2.05) is 26.0 Å². The summed E-state index contributed by atoms with van der Waals surface area (Å²) in [5, 5.41) is 9.30. The van der Waals surface area contributed by atoms with Crippen LogP contribution in [0, 0.1) is 13.8 Å². The maximum absolute atomic E-state index is 9.30. The van der Waals surface area contributed by atoms with E-state index < -0.39 is 0 Å². The molecule has 100 valence electrons. The number of phenolic OH excluding ortho intramolecular Hbond substituents is 1. The monoisotopic (exact) mass is 258 g/mol. The second kappa shape index (κ2) is 6.14. The average molecular weight is 258 g/mol. The first-order valence-corrected chi connectivity index (χ1v) is 6.26. The molecule has 0 amide bonds. The summed E-state index contributed by atoms with van der Waals surface area (Å²) in [5.41, 5.74) is 2.37. The van der Waals surface area contributed by atoms with Gasteiger partial charge in [0.15, 0.2) is 0 Å². The SMILES string of the molecule is Cc1cc(C)cc(OCCOc2cccc(O)c2)c1. The van der Waals surface area contributed by atoms with Crippen LogP contribution in [0.4, 0.5) is 0 Å². The van der Waals surface area contributed by atoms with Crippen molar-refractivity contribution in [1.82, 2.24) is 0 Å². The fourth-order valence-corrected chi connectivity index (χ4v) is 1.91. The third-order valence-electron chi connectivity index (χ3n) is 2.63. The van der Waals surface area contributed by atoms with Gasteiger partial charge in [0.2, 0.25) is 0 Å². The Morgan fingerprint density at radius 3 is 2.11 bits per heavy atom. The average Bonchev–Trinajstić information content (AvgIpc) is 2.34. The minimum absolute atomic E-state index is 0.202. The van der Waals surface area contributed by atoms with E-state index in [2.05, 4.69) is 6.07 Å². The quantitative estimate of drug-likeness (QED) is 0.835. The maximum atomic E-state index is 9.30. The second-order valence-corrected chi connectivity index (χ2v) is 4.52. The lowest BCUT2D eigenvalue weighted by Crippen LogP contribution is -2.09. The molecule has 2 aromatic carbocycles. The van der Waals surface area contributed by atoms with Crippen LogP contribution in [-0.4, -0.2) is 18.3 Å². The lowest BCUT2D eigenvalue weighted by atomic mass is 10.1. The molecule has 0 atom stereocenters. The van der Waals surface area contributed by atoms with E-state index in [0.29, 0.717) is 19.0 Å². The first-order valence-electron chi connectivity index (χ1n) is 6.26. The summed E-state index contributed by atoms with van der Waals surface area (Å²) in [6.07, 6.45) is 0. The Labute approximate surface area is 113 Å². The van der Waals surface area contributed by atoms with Crippen molar-refractivity contribution in [2.75, 3.05) is 13.2 Å². The molecule has 0 bridgehead atoms. The lowest BCUT2D eigenvalue weighted by Gasteiger charge is -2.09. The molecule has 2 rings (SSSR count). The van der Waals surface area contributed by atoms with Crippen LogP contribution in [0.5, 0.6) is 17.2 Å².